The summed E-state index contributed by atoms with van der Waals surface area (Å²) in [6, 6.07) is 7.23. The van der Waals surface area contributed by atoms with E-state index < -0.39 is 44.7 Å². The lowest BCUT2D eigenvalue weighted by Crippen LogP contribution is -2.80. The SMILES string of the molecule is COC(=O)N1C[C@@]23[C@H](OS(C)(=O)=O)CC[C@]2(OC(C)=O)[C@H]2C[C@@H]([C@H](C)COc4ccc(OC)cc4)C[C@@H]1[C@]23C. The fraction of sp³-hybridized carbons (Fsp3) is 0.714. The van der Waals surface area contributed by atoms with E-state index in [0.29, 0.717) is 25.9 Å². The van der Waals surface area contributed by atoms with Crippen molar-refractivity contribution in [2.24, 2.45) is 28.6 Å². The molecule has 1 heterocycles. The highest BCUT2D eigenvalue weighted by Crippen LogP contribution is 2.82. The van der Waals surface area contributed by atoms with E-state index in [1.165, 1.54) is 14.0 Å². The molecular formula is C28H39NO9S. The van der Waals surface area contributed by atoms with Crippen LogP contribution in [0.15, 0.2) is 24.3 Å². The molecule has 0 radical (unpaired) electrons. The van der Waals surface area contributed by atoms with Gasteiger partial charge < -0.3 is 23.8 Å². The number of benzene rings is 1. The minimum absolute atomic E-state index is 0.0658. The van der Waals surface area contributed by atoms with Gasteiger partial charge in [-0.1, -0.05) is 13.8 Å². The topological polar surface area (TPSA) is 118 Å². The van der Waals surface area contributed by atoms with Crippen LogP contribution < -0.4 is 9.47 Å². The summed E-state index contributed by atoms with van der Waals surface area (Å²) in [5, 5.41) is 0. The molecule has 1 aliphatic heterocycles. The van der Waals surface area contributed by atoms with Crippen LogP contribution in [0.3, 0.4) is 0 Å². The van der Waals surface area contributed by atoms with Crippen LogP contribution in [0.5, 0.6) is 11.5 Å². The van der Waals surface area contributed by atoms with Crippen molar-refractivity contribution >= 4 is 22.2 Å². The first-order valence-corrected chi connectivity index (χ1v) is 15.3. The maximum atomic E-state index is 13.1. The molecule has 0 N–H and O–H groups in total. The van der Waals surface area contributed by atoms with Gasteiger partial charge in [-0.15, -0.1) is 0 Å². The number of methoxy groups -OCH3 is 2. The summed E-state index contributed by atoms with van der Waals surface area (Å²) < 4.78 is 53.0. The minimum atomic E-state index is -3.78. The van der Waals surface area contributed by atoms with Gasteiger partial charge in [0.2, 0.25) is 0 Å². The summed E-state index contributed by atoms with van der Waals surface area (Å²) in [5.74, 6) is 1.34. The van der Waals surface area contributed by atoms with Gasteiger partial charge in [-0.05, 0) is 61.8 Å². The van der Waals surface area contributed by atoms with Gasteiger partial charge in [-0.25, -0.2) is 4.79 Å². The van der Waals surface area contributed by atoms with Crippen molar-refractivity contribution in [1.82, 2.24) is 4.90 Å². The molecule has 5 rings (SSSR count). The van der Waals surface area contributed by atoms with Gasteiger partial charge in [0.05, 0.1) is 38.6 Å². The van der Waals surface area contributed by atoms with E-state index in [4.69, 9.17) is 23.1 Å². The molecule has 1 aromatic rings. The number of amides is 1. The van der Waals surface area contributed by atoms with E-state index in [9.17, 15) is 18.0 Å². The van der Waals surface area contributed by atoms with Crippen LogP contribution in [0.2, 0.25) is 0 Å². The Morgan fingerprint density at radius 1 is 1.13 bits per heavy atom. The molecule has 0 bridgehead atoms. The number of nitrogens with zero attached hydrogens (tertiary/aromatic N) is 1. The molecule has 0 unspecified atom stereocenters. The maximum absolute atomic E-state index is 13.1. The second-order valence-corrected chi connectivity index (χ2v) is 13.5. The van der Waals surface area contributed by atoms with Gasteiger partial charge in [-0.2, -0.15) is 8.42 Å². The second-order valence-electron chi connectivity index (χ2n) is 11.9. The summed E-state index contributed by atoms with van der Waals surface area (Å²) in [7, 11) is -0.815. The van der Waals surface area contributed by atoms with E-state index in [2.05, 4.69) is 13.8 Å². The molecule has 216 valence electrons. The second kappa shape index (κ2) is 9.54. The lowest BCUT2D eigenvalue weighted by molar-refractivity contribution is -0.318. The number of esters is 1. The molecule has 10 nitrogen and oxygen atoms in total. The van der Waals surface area contributed by atoms with E-state index in [-0.39, 0.29) is 30.3 Å². The van der Waals surface area contributed by atoms with Crippen LogP contribution in [0.4, 0.5) is 4.79 Å². The van der Waals surface area contributed by atoms with Crippen molar-refractivity contribution in [1.29, 1.82) is 0 Å². The Hall–Kier alpha value is -2.53. The number of hydrogen-bond donors (Lipinski definition) is 0. The standard InChI is InChI=1S/C28H39NO9S/c1-17(15-36-21-9-7-20(34-4)8-10-21)19-13-22-26(3)23(14-19)29(25(31)35-5)16-27(26)24(38-39(6,32)33)11-12-28(22,27)37-18(2)30/h7-10,17,19,22-24H,11-16H2,1-6H3/t17-,19-,22+,23-,24-,26+,27+,28+/m1/s1. The molecule has 1 amide bonds. The van der Waals surface area contributed by atoms with E-state index in [1.807, 2.05) is 24.3 Å². The molecule has 1 aromatic carbocycles. The molecule has 8 atom stereocenters. The lowest BCUT2D eigenvalue weighted by Gasteiger charge is -2.72. The first-order chi connectivity index (χ1) is 18.3. The van der Waals surface area contributed by atoms with Crippen LogP contribution in [-0.2, 0) is 28.6 Å². The third kappa shape index (κ3) is 4.02. The highest BCUT2D eigenvalue weighted by atomic mass is 32.2. The van der Waals surface area contributed by atoms with Gasteiger partial charge >= 0.3 is 12.1 Å². The molecule has 3 aliphatic carbocycles. The predicted molar refractivity (Wildman–Crippen MR) is 141 cm³/mol. The predicted octanol–water partition coefficient (Wildman–Crippen LogP) is 3.63. The highest BCUT2D eigenvalue weighted by Gasteiger charge is 2.90. The third-order valence-corrected chi connectivity index (χ3v) is 10.9. The molecule has 3 saturated carbocycles. The summed E-state index contributed by atoms with van der Waals surface area (Å²) in [5.41, 5.74) is -2.26. The number of carbonyl (C=O) groups is 2. The summed E-state index contributed by atoms with van der Waals surface area (Å²) in [4.78, 5) is 27.4. The normalized spacial score (nSPS) is 37.2. The summed E-state index contributed by atoms with van der Waals surface area (Å²) in [6.07, 6.45) is 2.27. The number of rotatable bonds is 8. The highest BCUT2D eigenvalue weighted by molar-refractivity contribution is 7.86. The fourth-order valence-electron chi connectivity index (χ4n) is 8.84. The molecule has 11 heteroatoms. The number of likely N-dealkylation sites (tertiary alicyclic amines) is 1. The van der Waals surface area contributed by atoms with Gasteiger partial charge in [0, 0.05) is 30.8 Å². The molecule has 39 heavy (non-hydrogen) atoms. The molecule has 0 aromatic heterocycles. The van der Waals surface area contributed by atoms with Crippen molar-refractivity contribution in [3.63, 3.8) is 0 Å². The van der Waals surface area contributed by atoms with E-state index in [1.54, 1.807) is 12.0 Å². The Labute approximate surface area is 230 Å². The van der Waals surface area contributed by atoms with Crippen molar-refractivity contribution in [2.45, 2.75) is 64.2 Å². The van der Waals surface area contributed by atoms with Crippen LogP contribution in [0, 0.1) is 28.6 Å². The average molecular weight is 566 g/mol. The molecule has 4 aliphatic rings. The monoisotopic (exact) mass is 565 g/mol. The van der Waals surface area contributed by atoms with Crippen molar-refractivity contribution < 1.29 is 41.1 Å². The summed E-state index contributed by atoms with van der Waals surface area (Å²) in [6.45, 7) is 6.35. The van der Waals surface area contributed by atoms with Crippen molar-refractivity contribution in [2.75, 3.05) is 33.6 Å². The zero-order valence-corrected chi connectivity index (χ0v) is 24.3. The molecular weight excluding hydrogens is 526 g/mol. The minimum Gasteiger partial charge on any atom is -0.497 e. The van der Waals surface area contributed by atoms with Crippen molar-refractivity contribution in [3.05, 3.63) is 24.3 Å². The first-order valence-electron chi connectivity index (χ1n) is 13.5. The summed E-state index contributed by atoms with van der Waals surface area (Å²) >= 11 is 0. The van der Waals surface area contributed by atoms with Crippen LogP contribution in [-0.4, -0.2) is 76.8 Å². The number of carbonyl (C=O) groups excluding carboxylic acids is 2. The van der Waals surface area contributed by atoms with Gasteiger partial charge in [0.25, 0.3) is 10.1 Å². The zero-order valence-electron chi connectivity index (χ0n) is 23.5. The Balaban J connectivity index is 1.47. The lowest BCUT2D eigenvalue weighted by atomic mass is 9.33. The average Bonchev–Trinajstić information content (AvgIpc) is 3.31. The fourth-order valence-corrected chi connectivity index (χ4v) is 9.53. The number of hydrogen-bond acceptors (Lipinski definition) is 9. The Morgan fingerprint density at radius 3 is 2.38 bits per heavy atom. The molecule has 1 spiro atoms. The van der Waals surface area contributed by atoms with Gasteiger partial charge in [-0.3, -0.25) is 8.98 Å². The molecule has 4 fully saturated rings. The Bertz CT molecular complexity index is 1240. The third-order valence-electron chi connectivity index (χ3n) is 10.3. The largest absolute Gasteiger partial charge is 0.497 e. The van der Waals surface area contributed by atoms with Crippen LogP contribution >= 0.6 is 0 Å². The van der Waals surface area contributed by atoms with Crippen molar-refractivity contribution in [3.8, 4) is 11.5 Å². The van der Waals surface area contributed by atoms with Gasteiger partial charge in [0.15, 0.2) is 0 Å². The van der Waals surface area contributed by atoms with E-state index >= 15 is 0 Å². The zero-order chi connectivity index (χ0) is 28.4. The van der Waals surface area contributed by atoms with Crippen LogP contribution in [0.1, 0.15) is 46.5 Å². The number of ether oxygens (including phenoxy) is 4. The number of fused-ring (bicyclic) bond motifs is 1. The van der Waals surface area contributed by atoms with E-state index in [0.717, 1.165) is 24.2 Å². The van der Waals surface area contributed by atoms with Gasteiger partial charge in [0.1, 0.15) is 17.1 Å². The Kier molecular flexibility index (Phi) is 6.85. The maximum Gasteiger partial charge on any atom is 0.409 e. The first kappa shape index (κ1) is 28.0. The quantitative estimate of drug-likeness (QED) is 0.344. The smallest absolute Gasteiger partial charge is 0.409 e. The Morgan fingerprint density at radius 2 is 1.79 bits per heavy atom. The molecule has 1 saturated heterocycles. The van der Waals surface area contributed by atoms with Crippen LogP contribution in [0.25, 0.3) is 0 Å².